The average molecular weight is 338 g/mol. The molecule has 0 unspecified atom stereocenters. The van der Waals surface area contributed by atoms with Crippen molar-refractivity contribution in [2.24, 2.45) is 0 Å². The van der Waals surface area contributed by atoms with Crippen LogP contribution in [-0.2, 0) is 6.67 Å². The van der Waals surface area contributed by atoms with E-state index in [2.05, 4.69) is 31.4 Å². The van der Waals surface area contributed by atoms with Gasteiger partial charge in [0, 0.05) is 12.2 Å². The van der Waals surface area contributed by atoms with E-state index < -0.39 is 0 Å². The molecule has 20 heavy (non-hydrogen) atoms. The summed E-state index contributed by atoms with van der Waals surface area (Å²) in [6, 6.07) is 2.08. The first-order valence-corrected chi connectivity index (χ1v) is 7.37. The average Bonchev–Trinajstić information content (AvgIpc) is 3.05. The first-order valence-electron chi connectivity index (χ1n) is 6.58. The molecule has 1 amide bonds. The second-order valence-corrected chi connectivity index (χ2v) is 5.91. The fraction of sp³-hybridized carbons (Fsp3) is 0.462. The van der Waals surface area contributed by atoms with Crippen LogP contribution in [0.1, 0.15) is 34.7 Å². The van der Waals surface area contributed by atoms with Crippen LogP contribution in [0.4, 0.5) is 0 Å². The van der Waals surface area contributed by atoms with E-state index in [4.69, 9.17) is 0 Å². The van der Waals surface area contributed by atoms with Crippen molar-refractivity contribution >= 4 is 21.8 Å². The maximum atomic E-state index is 11.9. The topological polar surface area (TPSA) is 64.7 Å². The molecule has 1 N–H and O–H groups in total. The number of halogens is 1. The molecule has 0 saturated heterocycles. The van der Waals surface area contributed by atoms with Crippen molar-refractivity contribution in [3.63, 3.8) is 0 Å². The summed E-state index contributed by atoms with van der Waals surface area (Å²) in [6.45, 7) is 4.44. The highest BCUT2D eigenvalue weighted by Gasteiger charge is 2.24. The molecule has 1 aliphatic carbocycles. The van der Waals surface area contributed by atoms with Crippen LogP contribution in [0.2, 0.25) is 0 Å². The van der Waals surface area contributed by atoms with Gasteiger partial charge in [-0.25, -0.2) is 4.68 Å². The predicted octanol–water partition coefficient (Wildman–Crippen LogP) is 1.86. The van der Waals surface area contributed by atoms with Crippen LogP contribution in [0.5, 0.6) is 0 Å². The Morgan fingerprint density at radius 3 is 2.80 bits per heavy atom. The van der Waals surface area contributed by atoms with Crippen molar-refractivity contribution in [1.82, 2.24) is 24.9 Å². The summed E-state index contributed by atoms with van der Waals surface area (Å²) in [5, 5.41) is 11.6. The van der Waals surface area contributed by atoms with Crippen molar-refractivity contribution in [3.8, 4) is 0 Å². The van der Waals surface area contributed by atoms with Crippen molar-refractivity contribution in [1.29, 1.82) is 0 Å². The van der Waals surface area contributed by atoms with E-state index in [-0.39, 0.29) is 5.91 Å². The van der Waals surface area contributed by atoms with Crippen LogP contribution >= 0.6 is 15.9 Å². The number of nitrogens with one attached hydrogen (secondary N) is 1. The van der Waals surface area contributed by atoms with Gasteiger partial charge >= 0.3 is 0 Å². The largest absolute Gasteiger partial charge is 0.348 e. The maximum Gasteiger partial charge on any atom is 0.271 e. The molecule has 2 heterocycles. The zero-order chi connectivity index (χ0) is 14.3. The Balaban J connectivity index is 1.73. The summed E-state index contributed by atoms with van der Waals surface area (Å²) < 4.78 is 4.58. The van der Waals surface area contributed by atoms with E-state index in [0.29, 0.717) is 18.4 Å². The number of aromatic nitrogens is 4. The van der Waals surface area contributed by atoms with Gasteiger partial charge in [0.1, 0.15) is 12.4 Å². The van der Waals surface area contributed by atoms with E-state index >= 15 is 0 Å². The van der Waals surface area contributed by atoms with Gasteiger partial charge < -0.3 is 5.32 Å². The number of carbonyl (C=O) groups excluding carboxylic acids is 1. The molecule has 0 aliphatic heterocycles. The Morgan fingerprint density at radius 1 is 1.45 bits per heavy atom. The molecule has 7 heteroatoms. The summed E-state index contributed by atoms with van der Waals surface area (Å²) in [7, 11) is 0. The Bertz CT molecular complexity index is 656. The molecule has 0 aromatic carbocycles. The van der Waals surface area contributed by atoms with E-state index in [0.717, 1.165) is 28.7 Å². The van der Waals surface area contributed by atoms with Gasteiger partial charge in [-0.15, -0.1) is 0 Å². The standard InChI is InChI=1S/C13H16BrN5O/c1-8-12(14)9(2)19(16-8)7-18-6-5-11(17-18)13(20)15-10-3-4-10/h5-6,10H,3-4,7H2,1-2H3,(H,15,20). The van der Waals surface area contributed by atoms with Crippen LogP contribution in [-0.4, -0.2) is 31.5 Å². The lowest BCUT2D eigenvalue weighted by molar-refractivity contribution is 0.0945. The molecule has 0 spiro atoms. The van der Waals surface area contributed by atoms with Gasteiger partial charge in [-0.05, 0) is 48.7 Å². The minimum atomic E-state index is -0.0965. The smallest absolute Gasteiger partial charge is 0.271 e. The van der Waals surface area contributed by atoms with Gasteiger partial charge in [0.25, 0.3) is 5.91 Å². The lowest BCUT2D eigenvalue weighted by Gasteiger charge is -2.04. The van der Waals surface area contributed by atoms with E-state index in [1.54, 1.807) is 16.9 Å². The number of nitrogens with zero attached hydrogens (tertiary/aromatic N) is 4. The molecule has 2 aromatic rings. The number of hydrogen-bond donors (Lipinski definition) is 1. The number of amides is 1. The summed E-state index contributed by atoms with van der Waals surface area (Å²) in [4.78, 5) is 11.9. The lowest BCUT2D eigenvalue weighted by Crippen LogP contribution is -2.26. The second kappa shape index (κ2) is 5.05. The molecule has 3 rings (SSSR count). The molecule has 0 atom stereocenters. The second-order valence-electron chi connectivity index (χ2n) is 5.11. The molecular weight excluding hydrogens is 322 g/mol. The van der Waals surface area contributed by atoms with Crippen LogP contribution in [0, 0.1) is 13.8 Å². The fourth-order valence-electron chi connectivity index (χ4n) is 2.00. The first kappa shape index (κ1) is 13.4. The van der Waals surface area contributed by atoms with Gasteiger partial charge in [0.15, 0.2) is 0 Å². The molecule has 2 aromatic heterocycles. The molecule has 0 radical (unpaired) electrons. The van der Waals surface area contributed by atoms with Crippen LogP contribution in [0.15, 0.2) is 16.7 Å². The van der Waals surface area contributed by atoms with Gasteiger partial charge in [0.05, 0.1) is 15.9 Å². The quantitative estimate of drug-likeness (QED) is 0.925. The predicted molar refractivity (Wildman–Crippen MR) is 77.5 cm³/mol. The van der Waals surface area contributed by atoms with Gasteiger partial charge in [-0.1, -0.05) is 0 Å². The van der Waals surface area contributed by atoms with Gasteiger partial charge in [-0.3, -0.25) is 9.48 Å². The fourth-order valence-corrected chi connectivity index (χ4v) is 2.28. The number of carbonyl (C=O) groups is 1. The van der Waals surface area contributed by atoms with E-state index in [9.17, 15) is 4.79 Å². The molecule has 1 aliphatic rings. The van der Waals surface area contributed by atoms with Crippen LogP contribution in [0.3, 0.4) is 0 Å². The zero-order valence-corrected chi connectivity index (χ0v) is 13.0. The summed E-state index contributed by atoms with van der Waals surface area (Å²) in [5.41, 5.74) is 2.45. The highest BCUT2D eigenvalue weighted by atomic mass is 79.9. The monoisotopic (exact) mass is 337 g/mol. The third-order valence-electron chi connectivity index (χ3n) is 3.36. The van der Waals surface area contributed by atoms with E-state index in [1.807, 2.05) is 18.5 Å². The summed E-state index contributed by atoms with van der Waals surface area (Å²) in [5.74, 6) is -0.0965. The Kier molecular flexibility index (Phi) is 3.37. The molecule has 1 fully saturated rings. The van der Waals surface area contributed by atoms with Crippen molar-refractivity contribution in [2.45, 2.75) is 39.4 Å². The van der Waals surface area contributed by atoms with Crippen molar-refractivity contribution in [2.75, 3.05) is 0 Å². The van der Waals surface area contributed by atoms with Crippen LogP contribution < -0.4 is 5.32 Å². The highest BCUT2D eigenvalue weighted by molar-refractivity contribution is 9.10. The van der Waals surface area contributed by atoms with Crippen LogP contribution in [0.25, 0.3) is 0 Å². The Hall–Kier alpha value is -1.63. The molecule has 6 nitrogen and oxygen atoms in total. The summed E-state index contributed by atoms with van der Waals surface area (Å²) in [6.07, 6.45) is 3.95. The minimum Gasteiger partial charge on any atom is -0.348 e. The molecular formula is C13H16BrN5O. The minimum absolute atomic E-state index is 0.0965. The number of aryl methyl sites for hydroxylation is 1. The van der Waals surface area contributed by atoms with Gasteiger partial charge in [-0.2, -0.15) is 10.2 Å². The zero-order valence-electron chi connectivity index (χ0n) is 11.4. The molecule has 1 saturated carbocycles. The summed E-state index contributed by atoms with van der Waals surface area (Å²) >= 11 is 3.50. The maximum absolute atomic E-state index is 11.9. The normalized spacial score (nSPS) is 14.6. The lowest BCUT2D eigenvalue weighted by atomic mass is 10.4. The van der Waals surface area contributed by atoms with E-state index in [1.165, 1.54) is 0 Å². The third-order valence-corrected chi connectivity index (χ3v) is 4.51. The van der Waals surface area contributed by atoms with Gasteiger partial charge in [0.2, 0.25) is 0 Å². The SMILES string of the molecule is Cc1nn(Cn2ccc(C(=O)NC3CC3)n2)c(C)c1Br. The molecule has 106 valence electrons. The molecule has 0 bridgehead atoms. The Morgan fingerprint density at radius 2 is 2.20 bits per heavy atom. The highest BCUT2D eigenvalue weighted by Crippen LogP contribution is 2.20. The number of rotatable bonds is 4. The third kappa shape index (κ3) is 2.63. The first-order chi connectivity index (χ1) is 9.54. The number of hydrogen-bond acceptors (Lipinski definition) is 3. The Labute approximate surface area is 125 Å². The van der Waals surface area contributed by atoms with Crippen molar-refractivity contribution in [3.05, 3.63) is 33.8 Å². The van der Waals surface area contributed by atoms with Crippen molar-refractivity contribution < 1.29 is 4.79 Å².